The maximum atomic E-state index is 12.3. The van der Waals surface area contributed by atoms with Gasteiger partial charge in [0, 0.05) is 12.3 Å². The van der Waals surface area contributed by atoms with Gasteiger partial charge in [-0.05, 0) is 52.9 Å². The van der Waals surface area contributed by atoms with Gasteiger partial charge in [0.2, 0.25) is 0 Å². The van der Waals surface area contributed by atoms with Gasteiger partial charge in [-0.15, -0.1) is 0 Å². The van der Waals surface area contributed by atoms with Crippen molar-refractivity contribution in [3.8, 4) is 5.75 Å². The van der Waals surface area contributed by atoms with Crippen molar-refractivity contribution >= 4 is 21.7 Å². The van der Waals surface area contributed by atoms with E-state index in [4.69, 9.17) is 9.47 Å². The van der Waals surface area contributed by atoms with Gasteiger partial charge in [0.05, 0.1) is 23.8 Å². The van der Waals surface area contributed by atoms with Crippen LogP contribution in [0.2, 0.25) is 0 Å². The average Bonchev–Trinajstić information content (AvgIpc) is 3.01. The molecule has 0 spiro atoms. The van der Waals surface area contributed by atoms with Gasteiger partial charge >= 0.3 is 0 Å². The summed E-state index contributed by atoms with van der Waals surface area (Å²) in [7, 11) is 1.64. The SMILES string of the molecule is COc1ccc(CC(=O)C2CC3CCC2O3)cc1Br. The van der Waals surface area contributed by atoms with Gasteiger partial charge in [0.15, 0.2) is 0 Å². The number of benzene rings is 1. The molecule has 2 fully saturated rings. The van der Waals surface area contributed by atoms with E-state index in [1.165, 1.54) is 0 Å². The number of ether oxygens (including phenoxy) is 2. The second-order valence-electron chi connectivity index (χ2n) is 5.33. The van der Waals surface area contributed by atoms with Gasteiger partial charge in [-0.1, -0.05) is 6.07 Å². The van der Waals surface area contributed by atoms with Crippen LogP contribution in [0.5, 0.6) is 5.75 Å². The number of rotatable bonds is 4. The van der Waals surface area contributed by atoms with Crippen LogP contribution in [-0.4, -0.2) is 25.1 Å². The largest absolute Gasteiger partial charge is 0.496 e. The molecule has 19 heavy (non-hydrogen) atoms. The Morgan fingerprint density at radius 3 is 2.89 bits per heavy atom. The van der Waals surface area contributed by atoms with E-state index >= 15 is 0 Å². The zero-order valence-electron chi connectivity index (χ0n) is 10.9. The number of ketones is 1. The second kappa shape index (κ2) is 5.25. The van der Waals surface area contributed by atoms with Crippen molar-refractivity contribution in [2.45, 2.75) is 37.9 Å². The summed E-state index contributed by atoms with van der Waals surface area (Å²) in [6.07, 6.45) is 4.09. The molecule has 2 aliphatic rings. The predicted octanol–water partition coefficient (Wildman–Crippen LogP) is 3.14. The molecule has 0 amide bonds. The minimum absolute atomic E-state index is 0.111. The number of Topliss-reactive ketones (excluding diaryl/α,β-unsaturated/α-hetero) is 1. The molecule has 0 N–H and O–H groups in total. The third-order valence-electron chi connectivity index (χ3n) is 4.11. The lowest BCUT2D eigenvalue weighted by Gasteiger charge is -2.17. The quantitative estimate of drug-likeness (QED) is 0.853. The van der Waals surface area contributed by atoms with Crippen LogP contribution in [0.4, 0.5) is 0 Å². The number of halogens is 1. The van der Waals surface area contributed by atoms with Crippen molar-refractivity contribution in [2.24, 2.45) is 5.92 Å². The van der Waals surface area contributed by atoms with Gasteiger partial charge in [0.25, 0.3) is 0 Å². The maximum absolute atomic E-state index is 12.3. The Morgan fingerprint density at radius 2 is 2.32 bits per heavy atom. The number of methoxy groups -OCH3 is 1. The molecule has 2 saturated heterocycles. The van der Waals surface area contributed by atoms with Crippen molar-refractivity contribution in [1.82, 2.24) is 0 Å². The predicted molar refractivity (Wildman–Crippen MR) is 75.4 cm³/mol. The first-order chi connectivity index (χ1) is 9.17. The van der Waals surface area contributed by atoms with Crippen LogP contribution < -0.4 is 4.74 Å². The highest BCUT2D eigenvalue weighted by Gasteiger charge is 2.43. The smallest absolute Gasteiger partial charge is 0.143 e. The third-order valence-corrected chi connectivity index (χ3v) is 4.73. The Bertz CT molecular complexity index is 500. The molecule has 1 aromatic rings. The maximum Gasteiger partial charge on any atom is 0.143 e. The molecule has 3 nitrogen and oxygen atoms in total. The monoisotopic (exact) mass is 324 g/mol. The molecule has 3 rings (SSSR count). The Labute approximate surface area is 121 Å². The zero-order valence-corrected chi connectivity index (χ0v) is 12.5. The minimum Gasteiger partial charge on any atom is -0.496 e. The summed E-state index contributed by atoms with van der Waals surface area (Å²) in [6, 6.07) is 5.81. The molecule has 0 saturated carbocycles. The van der Waals surface area contributed by atoms with E-state index in [0.29, 0.717) is 18.3 Å². The summed E-state index contributed by atoms with van der Waals surface area (Å²) >= 11 is 3.45. The van der Waals surface area contributed by atoms with E-state index < -0.39 is 0 Å². The lowest BCUT2D eigenvalue weighted by Crippen LogP contribution is -2.26. The number of hydrogen-bond donors (Lipinski definition) is 0. The second-order valence-corrected chi connectivity index (χ2v) is 6.18. The molecule has 1 aromatic carbocycles. The van der Waals surface area contributed by atoms with Crippen molar-refractivity contribution in [2.75, 3.05) is 7.11 Å². The third kappa shape index (κ3) is 2.56. The van der Waals surface area contributed by atoms with E-state index in [-0.39, 0.29) is 12.0 Å². The van der Waals surface area contributed by atoms with Crippen LogP contribution in [0.25, 0.3) is 0 Å². The normalized spacial score (nSPS) is 28.6. The van der Waals surface area contributed by atoms with Gasteiger partial charge in [0.1, 0.15) is 11.5 Å². The molecule has 3 unspecified atom stereocenters. The van der Waals surface area contributed by atoms with Crippen LogP contribution in [0.1, 0.15) is 24.8 Å². The van der Waals surface area contributed by atoms with Gasteiger partial charge in [-0.25, -0.2) is 0 Å². The molecule has 0 aromatic heterocycles. The van der Waals surface area contributed by atoms with Crippen LogP contribution >= 0.6 is 15.9 Å². The van der Waals surface area contributed by atoms with Crippen LogP contribution in [0.3, 0.4) is 0 Å². The van der Waals surface area contributed by atoms with E-state index in [1.807, 2.05) is 18.2 Å². The Kier molecular flexibility index (Phi) is 3.63. The summed E-state index contributed by atoms with van der Waals surface area (Å²) in [4.78, 5) is 12.3. The Morgan fingerprint density at radius 1 is 1.47 bits per heavy atom. The molecular weight excluding hydrogens is 308 g/mol. The van der Waals surface area contributed by atoms with Crippen LogP contribution in [0.15, 0.2) is 22.7 Å². The summed E-state index contributed by atoms with van der Waals surface area (Å²) in [6.45, 7) is 0. The molecule has 2 bridgehead atoms. The first kappa shape index (κ1) is 13.1. The van der Waals surface area contributed by atoms with E-state index in [1.54, 1.807) is 7.11 Å². The van der Waals surface area contributed by atoms with E-state index in [0.717, 1.165) is 35.0 Å². The van der Waals surface area contributed by atoms with Gasteiger partial charge in [-0.3, -0.25) is 4.79 Å². The number of carbonyl (C=O) groups excluding carboxylic acids is 1. The van der Waals surface area contributed by atoms with E-state index in [2.05, 4.69) is 15.9 Å². The lowest BCUT2D eigenvalue weighted by atomic mass is 9.84. The first-order valence-electron chi connectivity index (χ1n) is 6.68. The van der Waals surface area contributed by atoms with Crippen molar-refractivity contribution in [3.05, 3.63) is 28.2 Å². The molecule has 102 valence electrons. The summed E-state index contributed by atoms with van der Waals surface area (Å²) in [5.74, 6) is 1.21. The fraction of sp³-hybridized carbons (Fsp3) is 0.533. The van der Waals surface area contributed by atoms with Gasteiger partial charge < -0.3 is 9.47 Å². The highest BCUT2D eigenvalue weighted by Crippen LogP contribution is 2.39. The molecule has 0 aliphatic carbocycles. The van der Waals surface area contributed by atoms with Crippen LogP contribution in [-0.2, 0) is 16.0 Å². The molecule has 0 radical (unpaired) electrons. The zero-order chi connectivity index (χ0) is 13.4. The minimum atomic E-state index is 0.111. The van der Waals surface area contributed by atoms with Crippen molar-refractivity contribution in [1.29, 1.82) is 0 Å². The van der Waals surface area contributed by atoms with Crippen molar-refractivity contribution < 1.29 is 14.3 Å². The molecule has 3 atom stereocenters. The summed E-state index contributed by atoms with van der Waals surface area (Å²) in [5.41, 5.74) is 1.03. The fourth-order valence-electron chi connectivity index (χ4n) is 3.13. The highest BCUT2D eigenvalue weighted by atomic mass is 79.9. The molecule has 2 heterocycles. The summed E-state index contributed by atoms with van der Waals surface area (Å²) < 4.78 is 11.8. The standard InChI is InChI=1S/C15H17BrO3/c1-18-15-4-2-9(6-12(15)16)7-13(17)11-8-10-3-5-14(11)19-10/h2,4,6,10-11,14H,3,5,7-8H2,1H3. The topological polar surface area (TPSA) is 35.5 Å². The van der Waals surface area contributed by atoms with Gasteiger partial charge in [-0.2, -0.15) is 0 Å². The highest BCUT2D eigenvalue weighted by molar-refractivity contribution is 9.10. The molecular formula is C15H17BrO3. The van der Waals surface area contributed by atoms with E-state index in [9.17, 15) is 4.79 Å². The van der Waals surface area contributed by atoms with Crippen LogP contribution in [0, 0.1) is 5.92 Å². The lowest BCUT2D eigenvalue weighted by molar-refractivity contribution is -0.123. The Balaban J connectivity index is 1.68. The average molecular weight is 325 g/mol. The Hall–Kier alpha value is -0.870. The molecule has 2 aliphatic heterocycles. The summed E-state index contributed by atoms with van der Waals surface area (Å²) in [5, 5.41) is 0. The number of hydrogen-bond acceptors (Lipinski definition) is 3. The first-order valence-corrected chi connectivity index (χ1v) is 7.47. The fourth-order valence-corrected chi connectivity index (χ4v) is 3.72. The number of carbonyl (C=O) groups is 1. The molecule has 4 heteroatoms. The van der Waals surface area contributed by atoms with Crippen molar-refractivity contribution in [3.63, 3.8) is 0 Å². The number of fused-ring (bicyclic) bond motifs is 2.